The van der Waals surface area contributed by atoms with Crippen molar-refractivity contribution in [1.82, 2.24) is 25.0 Å². The summed E-state index contributed by atoms with van der Waals surface area (Å²) in [5.41, 5.74) is 2.08. The minimum Gasteiger partial charge on any atom is -0.419 e. The second-order valence-corrected chi connectivity index (χ2v) is 6.24. The van der Waals surface area contributed by atoms with E-state index in [2.05, 4.69) is 31.0 Å². The molecule has 3 heterocycles. The van der Waals surface area contributed by atoms with Crippen LogP contribution in [0.2, 0.25) is 0 Å². The van der Waals surface area contributed by atoms with Crippen LogP contribution in [0.1, 0.15) is 11.6 Å². The van der Waals surface area contributed by atoms with Gasteiger partial charge in [0.2, 0.25) is 11.8 Å². The maximum absolute atomic E-state index is 5.81. The molecule has 6 heteroatoms. The largest absolute Gasteiger partial charge is 0.419 e. The van der Waals surface area contributed by atoms with E-state index in [0.29, 0.717) is 18.3 Å². The lowest BCUT2D eigenvalue weighted by molar-refractivity contribution is 0.113. The van der Waals surface area contributed by atoms with Crippen LogP contribution in [-0.4, -0.2) is 51.2 Å². The molecule has 1 fully saturated rings. The summed E-state index contributed by atoms with van der Waals surface area (Å²) in [4.78, 5) is 9.19. The number of hydrogen-bond acceptors (Lipinski definition) is 6. The molecule has 0 unspecified atom stereocenters. The van der Waals surface area contributed by atoms with Crippen LogP contribution in [0.3, 0.4) is 0 Å². The van der Waals surface area contributed by atoms with Gasteiger partial charge in [0.1, 0.15) is 0 Å². The molecular weight excluding hydrogens is 314 g/mol. The van der Waals surface area contributed by atoms with Crippen molar-refractivity contribution >= 4 is 0 Å². The first-order valence-corrected chi connectivity index (χ1v) is 8.59. The molecule has 0 amide bonds. The predicted octanol–water partition coefficient (Wildman–Crippen LogP) is 2.45. The van der Waals surface area contributed by atoms with E-state index in [1.807, 2.05) is 48.7 Å². The van der Waals surface area contributed by atoms with Crippen molar-refractivity contribution in [3.05, 3.63) is 66.3 Å². The van der Waals surface area contributed by atoms with Crippen molar-refractivity contribution in [1.29, 1.82) is 0 Å². The lowest BCUT2D eigenvalue weighted by atomic mass is 10.2. The second kappa shape index (κ2) is 7.55. The van der Waals surface area contributed by atoms with Gasteiger partial charge in [-0.15, -0.1) is 10.2 Å². The van der Waals surface area contributed by atoms with Gasteiger partial charge in [0.15, 0.2) is 0 Å². The van der Waals surface area contributed by atoms with Crippen molar-refractivity contribution in [3.63, 3.8) is 0 Å². The monoisotopic (exact) mass is 335 g/mol. The molecule has 1 aromatic carbocycles. The van der Waals surface area contributed by atoms with E-state index in [1.165, 1.54) is 0 Å². The van der Waals surface area contributed by atoms with E-state index < -0.39 is 0 Å². The summed E-state index contributed by atoms with van der Waals surface area (Å²) in [6, 6.07) is 16.0. The zero-order valence-electron chi connectivity index (χ0n) is 14.1. The number of benzene rings is 1. The molecule has 6 nitrogen and oxygen atoms in total. The molecule has 25 heavy (non-hydrogen) atoms. The second-order valence-electron chi connectivity index (χ2n) is 6.24. The molecule has 0 saturated carbocycles. The molecular formula is C19H21N5O. The number of nitrogens with zero attached hydrogens (tertiary/aromatic N) is 5. The molecule has 0 aliphatic carbocycles. The topological polar surface area (TPSA) is 58.3 Å². The number of pyridine rings is 1. The van der Waals surface area contributed by atoms with E-state index in [4.69, 9.17) is 4.42 Å². The summed E-state index contributed by atoms with van der Waals surface area (Å²) in [6.45, 7) is 5.66. The van der Waals surface area contributed by atoms with E-state index in [0.717, 1.165) is 44.0 Å². The van der Waals surface area contributed by atoms with Gasteiger partial charge in [-0.25, -0.2) is 0 Å². The highest BCUT2D eigenvalue weighted by Gasteiger charge is 2.19. The third-order valence-electron chi connectivity index (χ3n) is 4.42. The Kier molecular flexibility index (Phi) is 4.81. The average molecular weight is 335 g/mol. The Labute approximate surface area is 147 Å². The van der Waals surface area contributed by atoms with Crippen LogP contribution in [-0.2, 0) is 13.1 Å². The van der Waals surface area contributed by atoms with Crippen molar-refractivity contribution < 1.29 is 4.42 Å². The predicted molar refractivity (Wildman–Crippen MR) is 94.5 cm³/mol. The Morgan fingerprint density at radius 1 is 0.800 bits per heavy atom. The smallest absolute Gasteiger partial charge is 0.247 e. The SMILES string of the molecule is c1ccc(-c2nnc(CN3CCN(Cc4ccccn4)CC3)o2)cc1. The fraction of sp³-hybridized carbons (Fsp3) is 0.316. The molecule has 3 aromatic rings. The first kappa shape index (κ1) is 15.9. The standard InChI is InChI=1S/C19H21N5O/c1-2-6-16(7-3-1)19-22-21-18(25-19)15-24-12-10-23(11-13-24)14-17-8-4-5-9-20-17/h1-9H,10-15H2. The molecule has 1 aliphatic heterocycles. The molecule has 4 rings (SSSR count). The zero-order valence-corrected chi connectivity index (χ0v) is 14.1. The van der Waals surface area contributed by atoms with Gasteiger partial charge in [-0.05, 0) is 24.3 Å². The lowest BCUT2D eigenvalue weighted by Crippen LogP contribution is -2.45. The lowest BCUT2D eigenvalue weighted by Gasteiger charge is -2.33. The van der Waals surface area contributed by atoms with Crippen molar-refractivity contribution in [2.45, 2.75) is 13.1 Å². The van der Waals surface area contributed by atoms with Crippen LogP contribution in [0.25, 0.3) is 11.5 Å². The molecule has 1 aliphatic rings. The number of aromatic nitrogens is 3. The van der Waals surface area contributed by atoms with Gasteiger partial charge in [0.25, 0.3) is 0 Å². The summed E-state index contributed by atoms with van der Waals surface area (Å²) in [5.74, 6) is 1.27. The first-order chi connectivity index (χ1) is 12.4. The van der Waals surface area contributed by atoms with Gasteiger partial charge in [0, 0.05) is 44.5 Å². The van der Waals surface area contributed by atoms with E-state index in [9.17, 15) is 0 Å². The molecule has 128 valence electrons. The van der Waals surface area contributed by atoms with Gasteiger partial charge in [-0.1, -0.05) is 24.3 Å². The highest BCUT2D eigenvalue weighted by molar-refractivity contribution is 5.51. The van der Waals surface area contributed by atoms with Crippen molar-refractivity contribution in [3.8, 4) is 11.5 Å². The summed E-state index contributed by atoms with van der Waals surface area (Å²) in [7, 11) is 0. The van der Waals surface area contributed by atoms with Crippen LogP contribution in [0, 0.1) is 0 Å². The summed E-state index contributed by atoms with van der Waals surface area (Å²) in [6.07, 6.45) is 1.85. The molecule has 0 bridgehead atoms. The van der Waals surface area contributed by atoms with Crippen molar-refractivity contribution in [2.24, 2.45) is 0 Å². The quantitative estimate of drug-likeness (QED) is 0.714. The summed E-state index contributed by atoms with van der Waals surface area (Å²) >= 11 is 0. The Hall–Kier alpha value is -2.57. The van der Waals surface area contributed by atoms with Crippen LogP contribution in [0.5, 0.6) is 0 Å². The fourth-order valence-electron chi connectivity index (χ4n) is 3.03. The number of rotatable bonds is 5. The molecule has 0 atom stereocenters. The molecule has 1 saturated heterocycles. The zero-order chi connectivity index (χ0) is 16.9. The van der Waals surface area contributed by atoms with Crippen LogP contribution < -0.4 is 0 Å². The minimum absolute atomic E-state index is 0.587. The van der Waals surface area contributed by atoms with E-state index in [-0.39, 0.29) is 0 Å². The number of hydrogen-bond donors (Lipinski definition) is 0. The fourth-order valence-corrected chi connectivity index (χ4v) is 3.03. The van der Waals surface area contributed by atoms with Crippen LogP contribution in [0.4, 0.5) is 0 Å². The Bertz CT molecular complexity index is 782. The highest BCUT2D eigenvalue weighted by atomic mass is 16.4. The van der Waals surface area contributed by atoms with E-state index in [1.54, 1.807) is 0 Å². The summed E-state index contributed by atoms with van der Waals surface area (Å²) < 4.78 is 5.81. The third-order valence-corrected chi connectivity index (χ3v) is 4.42. The van der Waals surface area contributed by atoms with Gasteiger partial charge in [0.05, 0.1) is 12.2 Å². The number of piperazine rings is 1. The molecule has 0 spiro atoms. The highest BCUT2D eigenvalue weighted by Crippen LogP contribution is 2.18. The Morgan fingerprint density at radius 3 is 2.24 bits per heavy atom. The maximum atomic E-state index is 5.81. The normalized spacial score (nSPS) is 16.2. The Balaban J connectivity index is 1.30. The maximum Gasteiger partial charge on any atom is 0.247 e. The minimum atomic E-state index is 0.587. The summed E-state index contributed by atoms with van der Waals surface area (Å²) in [5, 5.41) is 8.35. The van der Waals surface area contributed by atoms with Gasteiger partial charge in [-0.3, -0.25) is 14.8 Å². The first-order valence-electron chi connectivity index (χ1n) is 8.59. The Morgan fingerprint density at radius 2 is 1.52 bits per heavy atom. The van der Waals surface area contributed by atoms with Gasteiger partial charge >= 0.3 is 0 Å². The van der Waals surface area contributed by atoms with Crippen LogP contribution >= 0.6 is 0 Å². The molecule has 0 N–H and O–H groups in total. The molecule has 2 aromatic heterocycles. The van der Waals surface area contributed by atoms with E-state index >= 15 is 0 Å². The van der Waals surface area contributed by atoms with Crippen LogP contribution in [0.15, 0.2) is 59.1 Å². The average Bonchev–Trinajstić information content (AvgIpc) is 3.14. The third kappa shape index (κ3) is 4.10. The van der Waals surface area contributed by atoms with Gasteiger partial charge in [-0.2, -0.15) is 0 Å². The molecule has 0 radical (unpaired) electrons. The van der Waals surface area contributed by atoms with Crippen molar-refractivity contribution in [2.75, 3.05) is 26.2 Å². The van der Waals surface area contributed by atoms with Gasteiger partial charge < -0.3 is 4.42 Å².